The summed E-state index contributed by atoms with van der Waals surface area (Å²) < 4.78 is 45.3. The Morgan fingerprint density at radius 1 is 0.775 bits per heavy atom. The average Bonchev–Trinajstić information content (AvgIpc) is 2.95. The second-order valence-electron chi connectivity index (χ2n) is 9.89. The third kappa shape index (κ3) is 7.82. The Morgan fingerprint density at radius 2 is 1.35 bits per heavy atom. The summed E-state index contributed by atoms with van der Waals surface area (Å²) in [6.45, 7) is 4.80. The van der Waals surface area contributed by atoms with Crippen molar-refractivity contribution >= 4 is 5.97 Å². The zero-order valence-electron chi connectivity index (χ0n) is 22.8. The normalized spacial score (nSPS) is 13.2. The van der Waals surface area contributed by atoms with Gasteiger partial charge in [0.05, 0.1) is 18.6 Å². The van der Waals surface area contributed by atoms with Crippen LogP contribution in [0, 0.1) is 0 Å². The highest BCUT2D eigenvalue weighted by Crippen LogP contribution is 2.36. The molecule has 6 heteroatoms. The number of hydrogen-bond acceptors (Lipinski definition) is 3. The van der Waals surface area contributed by atoms with Crippen LogP contribution in [0.4, 0.5) is 13.2 Å². The number of nitrogens with zero attached hydrogens (tertiary/aromatic N) is 1. The zero-order valence-corrected chi connectivity index (χ0v) is 22.8. The van der Waals surface area contributed by atoms with Crippen molar-refractivity contribution in [1.29, 1.82) is 0 Å². The lowest BCUT2D eigenvalue weighted by Gasteiger charge is -2.37. The number of ether oxygens (including phenoxy) is 1. The van der Waals surface area contributed by atoms with Crippen LogP contribution in [0.5, 0.6) is 0 Å². The molecule has 4 aromatic carbocycles. The van der Waals surface area contributed by atoms with Gasteiger partial charge in [0.25, 0.3) is 0 Å². The van der Waals surface area contributed by atoms with Crippen molar-refractivity contribution in [2.75, 3.05) is 6.61 Å². The summed E-state index contributed by atoms with van der Waals surface area (Å²) in [5, 5.41) is 0. The number of rotatable bonds is 11. The van der Waals surface area contributed by atoms with Gasteiger partial charge >= 0.3 is 12.1 Å². The van der Waals surface area contributed by atoms with Crippen molar-refractivity contribution in [3.05, 3.63) is 143 Å². The fraction of sp³-hybridized carbons (Fsp3) is 0.265. The van der Waals surface area contributed by atoms with Gasteiger partial charge in [-0.15, -0.1) is 0 Å². The van der Waals surface area contributed by atoms with E-state index in [0.717, 1.165) is 28.3 Å². The van der Waals surface area contributed by atoms with Crippen LogP contribution in [0.25, 0.3) is 0 Å². The van der Waals surface area contributed by atoms with E-state index in [9.17, 15) is 18.0 Å². The summed E-state index contributed by atoms with van der Waals surface area (Å²) in [6.07, 6.45) is -3.91. The molecule has 2 atom stereocenters. The first-order chi connectivity index (χ1) is 19.2. The van der Waals surface area contributed by atoms with Crippen LogP contribution >= 0.6 is 0 Å². The second kappa shape index (κ2) is 13.4. The third-order valence-electron chi connectivity index (χ3n) is 7.05. The first-order valence-electron chi connectivity index (χ1n) is 13.5. The minimum absolute atomic E-state index is 0.0343. The molecule has 0 saturated carbocycles. The lowest BCUT2D eigenvalue weighted by atomic mass is 9.94. The summed E-state index contributed by atoms with van der Waals surface area (Å²) in [6, 6.07) is 33.1. The van der Waals surface area contributed by atoms with E-state index in [-0.39, 0.29) is 31.1 Å². The Labute approximate surface area is 234 Å². The van der Waals surface area contributed by atoms with Gasteiger partial charge in [-0.3, -0.25) is 9.69 Å². The molecule has 0 aliphatic heterocycles. The average molecular weight is 546 g/mol. The number of carbonyl (C=O) groups excluding carboxylic acids is 1. The number of halogens is 3. The molecular formula is C34H34F3NO2. The lowest BCUT2D eigenvalue weighted by molar-refractivity contribution is -0.145. The number of esters is 1. The van der Waals surface area contributed by atoms with Crippen LogP contribution in [0.3, 0.4) is 0 Å². The van der Waals surface area contributed by atoms with E-state index in [1.807, 2.05) is 60.7 Å². The van der Waals surface area contributed by atoms with Crippen LogP contribution in [-0.2, 0) is 28.7 Å². The highest BCUT2D eigenvalue weighted by molar-refractivity contribution is 5.70. The van der Waals surface area contributed by atoms with Crippen molar-refractivity contribution < 1.29 is 22.7 Å². The number of benzene rings is 4. The van der Waals surface area contributed by atoms with E-state index in [0.29, 0.717) is 18.5 Å². The minimum atomic E-state index is -4.39. The van der Waals surface area contributed by atoms with Crippen molar-refractivity contribution in [2.45, 2.75) is 51.5 Å². The Balaban J connectivity index is 1.73. The van der Waals surface area contributed by atoms with Gasteiger partial charge in [-0.2, -0.15) is 13.2 Å². The zero-order chi connectivity index (χ0) is 28.5. The van der Waals surface area contributed by atoms with Gasteiger partial charge in [0, 0.05) is 18.6 Å². The molecule has 0 radical (unpaired) electrons. The Bertz CT molecular complexity index is 1370. The standard InChI is InChI=1S/C34H34F3NO2/c1-3-40-33(39)23-32(38(24-26-12-6-4-7-13-26)25(2)29-16-8-5-9-17-29)30-18-10-14-27(21-30)20-28-15-11-19-31(22-28)34(35,36)37/h4-19,21-22,25,32H,3,20,23-24H2,1-2H3/t25-,32+/m1/s1. The molecule has 0 aliphatic rings. The number of hydrogen-bond donors (Lipinski definition) is 0. The highest BCUT2D eigenvalue weighted by Gasteiger charge is 2.31. The van der Waals surface area contributed by atoms with Crippen LogP contribution in [-0.4, -0.2) is 17.5 Å². The van der Waals surface area contributed by atoms with Gasteiger partial charge in [0.2, 0.25) is 0 Å². The predicted molar refractivity (Wildman–Crippen MR) is 152 cm³/mol. The summed E-state index contributed by atoms with van der Waals surface area (Å²) in [7, 11) is 0. The molecule has 0 N–H and O–H groups in total. The lowest BCUT2D eigenvalue weighted by Crippen LogP contribution is -2.33. The minimum Gasteiger partial charge on any atom is -0.466 e. The quantitative estimate of drug-likeness (QED) is 0.177. The largest absolute Gasteiger partial charge is 0.466 e. The Morgan fingerprint density at radius 3 is 2.00 bits per heavy atom. The molecule has 3 nitrogen and oxygen atoms in total. The SMILES string of the molecule is CCOC(=O)C[C@@H](c1cccc(Cc2cccc(C(F)(F)F)c2)c1)N(Cc1ccccc1)[C@H](C)c1ccccc1. The van der Waals surface area contributed by atoms with Crippen molar-refractivity contribution in [1.82, 2.24) is 4.90 Å². The molecule has 0 heterocycles. The Hall–Kier alpha value is -3.90. The monoisotopic (exact) mass is 545 g/mol. The summed E-state index contributed by atoms with van der Waals surface area (Å²) in [5.41, 5.74) is 3.93. The highest BCUT2D eigenvalue weighted by atomic mass is 19.4. The topological polar surface area (TPSA) is 29.5 Å². The van der Waals surface area contributed by atoms with Gasteiger partial charge in [-0.1, -0.05) is 103 Å². The molecule has 0 amide bonds. The van der Waals surface area contributed by atoms with Gasteiger partial charge < -0.3 is 4.74 Å². The van der Waals surface area contributed by atoms with Gasteiger partial charge in [-0.05, 0) is 54.2 Å². The molecule has 0 saturated heterocycles. The first-order valence-corrected chi connectivity index (χ1v) is 13.5. The smallest absolute Gasteiger partial charge is 0.416 e. The molecule has 208 valence electrons. The molecule has 0 aliphatic carbocycles. The van der Waals surface area contributed by atoms with E-state index in [2.05, 4.69) is 36.1 Å². The first kappa shape index (κ1) is 29.1. The van der Waals surface area contributed by atoms with E-state index in [4.69, 9.17) is 4.74 Å². The van der Waals surface area contributed by atoms with E-state index in [1.165, 1.54) is 12.1 Å². The molecule has 0 unspecified atom stereocenters. The predicted octanol–water partition coefficient (Wildman–Crippen LogP) is 8.55. The summed E-state index contributed by atoms with van der Waals surface area (Å²) >= 11 is 0. The summed E-state index contributed by atoms with van der Waals surface area (Å²) in [4.78, 5) is 15.2. The van der Waals surface area contributed by atoms with Crippen molar-refractivity contribution in [3.8, 4) is 0 Å². The van der Waals surface area contributed by atoms with Crippen molar-refractivity contribution in [3.63, 3.8) is 0 Å². The number of alkyl halides is 3. The molecular weight excluding hydrogens is 511 g/mol. The molecule has 40 heavy (non-hydrogen) atoms. The maximum Gasteiger partial charge on any atom is 0.416 e. The molecule has 4 aromatic rings. The molecule has 0 bridgehead atoms. The van der Waals surface area contributed by atoms with Gasteiger partial charge in [-0.25, -0.2) is 0 Å². The third-order valence-corrected chi connectivity index (χ3v) is 7.05. The van der Waals surface area contributed by atoms with Crippen LogP contribution in [0.1, 0.15) is 65.7 Å². The van der Waals surface area contributed by atoms with E-state index >= 15 is 0 Å². The van der Waals surface area contributed by atoms with E-state index in [1.54, 1.807) is 13.0 Å². The van der Waals surface area contributed by atoms with E-state index < -0.39 is 11.7 Å². The van der Waals surface area contributed by atoms with Crippen molar-refractivity contribution in [2.24, 2.45) is 0 Å². The van der Waals surface area contributed by atoms with Gasteiger partial charge in [0.1, 0.15) is 0 Å². The molecule has 0 spiro atoms. The fourth-order valence-corrected chi connectivity index (χ4v) is 5.04. The maximum absolute atomic E-state index is 13.3. The second-order valence-corrected chi connectivity index (χ2v) is 9.89. The van der Waals surface area contributed by atoms with Crippen LogP contribution < -0.4 is 0 Å². The molecule has 0 fully saturated rings. The fourth-order valence-electron chi connectivity index (χ4n) is 5.04. The molecule has 4 rings (SSSR count). The van der Waals surface area contributed by atoms with Gasteiger partial charge in [0.15, 0.2) is 0 Å². The van der Waals surface area contributed by atoms with Crippen LogP contribution in [0.15, 0.2) is 109 Å². The maximum atomic E-state index is 13.3. The van der Waals surface area contributed by atoms with Crippen LogP contribution in [0.2, 0.25) is 0 Å². The number of carbonyl (C=O) groups is 1. The Kier molecular flexibility index (Phi) is 9.78. The molecule has 0 aromatic heterocycles. The summed E-state index contributed by atoms with van der Waals surface area (Å²) in [5.74, 6) is -0.297.